The zero-order valence-corrected chi connectivity index (χ0v) is 15.2. The Balaban J connectivity index is 1.85. The van der Waals surface area contributed by atoms with Gasteiger partial charge in [0.2, 0.25) is 0 Å². The molecular weight excluding hydrogens is 362 g/mol. The molecule has 0 bridgehead atoms. The summed E-state index contributed by atoms with van der Waals surface area (Å²) in [5.74, 6) is -0.485. The van der Waals surface area contributed by atoms with E-state index in [1.54, 1.807) is 43.5 Å². The Labute approximate surface area is 149 Å². The van der Waals surface area contributed by atoms with Crippen LogP contribution in [0, 0.1) is 0 Å². The molecule has 0 fully saturated rings. The van der Waals surface area contributed by atoms with Crippen LogP contribution in [0.5, 0.6) is 0 Å². The van der Waals surface area contributed by atoms with Crippen LogP contribution in [-0.4, -0.2) is 20.0 Å². The summed E-state index contributed by atoms with van der Waals surface area (Å²) in [6.45, 7) is 3.38. The summed E-state index contributed by atoms with van der Waals surface area (Å²) in [6, 6.07) is 10.3. The van der Waals surface area contributed by atoms with Crippen LogP contribution < -0.4 is 15.5 Å². The number of hydrogen-bond acceptors (Lipinski definition) is 6. The van der Waals surface area contributed by atoms with Crippen LogP contribution in [0.1, 0.15) is 24.2 Å². The van der Waals surface area contributed by atoms with Crippen LogP contribution in [0.15, 0.2) is 57.8 Å². The van der Waals surface area contributed by atoms with Crippen LogP contribution in [-0.2, 0) is 14.9 Å². The number of para-hydroxylation sites is 1. The van der Waals surface area contributed by atoms with E-state index in [2.05, 4.69) is 15.5 Å². The van der Waals surface area contributed by atoms with Gasteiger partial charge in [-0.1, -0.05) is 18.2 Å². The Hall–Kier alpha value is -2.20. The highest BCUT2D eigenvalue weighted by atomic mass is 32.2. The minimum Gasteiger partial charge on any atom is -0.414 e. The zero-order chi connectivity index (χ0) is 18.1. The molecule has 0 radical (unpaired) electrons. The van der Waals surface area contributed by atoms with Crippen molar-refractivity contribution >= 4 is 33.0 Å². The molecule has 1 unspecified atom stereocenters. The van der Waals surface area contributed by atoms with E-state index in [4.69, 9.17) is 4.84 Å². The van der Waals surface area contributed by atoms with Gasteiger partial charge < -0.3 is 10.2 Å². The third-order valence-corrected chi connectivity index (χ3v) is 6.81. The summed E-state index contributed by atoms with van der Waals surface area (Å²) >= 11 is 0.979. The molecule has 1 aliphatic rings. The van der Waals surface area contributed by atoms with Gasteiger partial charge in [-0.05, 0) is 37.4 Å². The lowest BCUT2D eigenvalue weighted by molar-refractivity contribution is 0.0991. The van der Waals surface area contributed by atoms with Crippen LogP contribution in [0.3, 0.4) is 0 Å². The van der Waals surface area contributed by atoms with E-state index in [9.17, 15) is 13.2 Å². The molecule has 0 aliphatic carbocycles. The normalized spacial score (nSPS) is 20.0. The van der Waals surface area contributed by atoms with Crippen molar-refractivity contribution in [1.29, 1.82) is 0 Å². The van der Waals surface area contributed by atoms with Crippen molar-refractivity contribution in [3.05, 3.63) is 59.2 Å². The van der Waals surface area contributed by atoms with E-state index < -0.39 is 21.6 Å². The predicted molar refractivity (Wildman–Crippen MR) is 95.4 cm³/mol. The van der Waals surface area contributed by atoms with Gasteiger partial charge in [-0.2, -0.15) is 4.72 Å². The summed E-state index contributed by atoms with van der Waals surface area (Å²) in [5, 5.41) is 4.26. The molecule has 3 N–H and O–H groups in total. The van der Waals surface area contributed by atoms with E-state index in [0.717, 1.165) is 11.3 Å². The van der Waals surface area contributed by atoms with Crippen LogP contribution in [0.2, 0.25) is 0 Å². The fourth-order valence-electron chi connectivity index (χ4n) is 2.24. The first-order chi connectivity index (χ1) is 11.8. The van der Waals surface area contributed by atoms with Gasteiger partial charge in [0.05, 0.1) is 5.56 Å². The number of hydroxylamine groups is 1. The number of thiophene rings is 1. The minimum atomic E-state index is -3.94. The number of rotatable bonds is 5. The van der Waals surface area contributed by atoms with Crippen molar-refractivity contribution in [3.8, 4) is 0 Å². The Morgan fingerprint density at radius 3 is 2.60 bits per heavy atom. The largest absolute Gasteiger partial charge is 0.414 e. The number of benzene rings is 1. The lowest BCUT2D eigenvalue weighted by atomic mass is 10.1. The van der Waals surface area contributed by atoms with Crippen LogP contribution in [0.4, 0.5) is 5.69 Å². The Bertz CT molecular complexity index is 922. The van der Waals surface area contributed by atoms with E-state index in [0.29, 0.717) is 11.3 Å². The molecule has 3 rings (SSSR count). The predicted octanol–water partition coefficient (Wildman–Crippen LogP) is 2.43. The molecule has 1 aromatic carbocycles. The first kappa shape index (κ1) is 17.6. The third kappa shape index (κ3) is 3.59. The first-order valence-electron chi connectivity index (χ1n) is 7.40. The molecule has 0 saturated heterocycles. The Morgan fingerprint density at radius 1 is 1.24 bits per heavy atom. The molecule has 0 spiro atoms. The van der Waals surface area contributed by atoms with Gasteiger partial charge in [-0.3, -0.25) is 4.79 Å². The molecule has 9 heteroatoms. The molecule has 25 heavy (non-hydrogen) atoms. The number of carbonyl (C=O) groups excluding carboxylic acids is 1. The molecule has 0 saturated carbocycles. The molecule has 1 amide bonds. The van der Waals surface area contributed by atoms with Crippen molar-refractivity contribution in [1.82, 2.24) is 10.2 Å². The molecule has 7 nitrogen and oxygen atoms in total. The van der Waals surface area contributed by atoms with Gasteiger partial charge in [-0.25, -0.2) is 8.42 Å². The number of nitrogens with one attached hydrogen (secondary N) is 3. The van der Waals surface area contributed by atoms with E-state index in [-0.39, 0.29) is 9.77 Å². The van der Waals surface area contributed by atoms with Crippen molar-refractivity contribution in [3.63, 3.8) is 0 Å². The number of hydrogen-bond donors (Lipinski definition) is 3. The highest BCUT2D eigenvalue weighted by Crippen LogP contribution is 2.27. The Kier molecular flexibility index (Phi) is 4.65. The molecule has 1 atom stereocenters. The SMILES string of the molecule is CC1=CONC1(C)NS(=O)(=O)c1sccc1C(=O)Nc1ccccc1. The number of anilines is 1. The first-order valence-corrected chi connectivity index (χ1v) is 9.76. The lowest BCUT2D eigenvalue weighted by Crippen LogP contribution is -2.54. The molecule has 2 heterocycles. The zero-order valence-electron chi connectivity index (χ0n) is 13.6. The lowest BCUT2D eigenvalue weighted by Gasteiger charge is -2.25. The number of carbonyl (C=O) groups is 1. The van der Waals surface area contributed by atoms with Crippen LogP contribution >= 0.6 is 11.3 Å². The van der Waals surface area contributed by atoms with Gasteiger partial charge >= 0.3 is 0 Å². The molecule has 2 aromatic rings. The maximum absolute atomic E-state index is 12.8. The van der Waals surface area contributed by atoms with Crippen molar-refractivity contribution in [2.75, 3.05) is 5.32 Å². The number of amides is 1. The molecule has 1 aromatic heterocycles. The highest BCUT2D eigenvalue weighted by Gasteiger charge is 2.38. The second-order valence-electron chi connectivity index (χ2n) is 5.69. The maximum atomic E-state index is 12.8. The summed E-state index contributed by atoms with van der Waals surface area (Å²) in [6.07, 6.45) is 1.43. The van der Waals surface area contributed by atoms with Gasteiger partial charge in [0.1, 0.15) is 16.1 Å². The average molecular weight is 379 g/mol. The third-order valence-electron chi connectivity index (χ3n) is 3.78. The van der Waals surface area contributed by atoms with Crippen molar-refractivity contribution < 1.29 is 18.0 Å². The summed E-state index contributed by atoms with van der Waals surface area (Å²) in [4.78, 5) is 17.5. The second-order valence-corrected chi connectivity index (χ2v) is 8.49. The minimum absolute atomic E-state index is 0.0522. The van der Waals surface area contributed by atoms with Crippen LogP contribution in [0.25, 0.3) is 0 Å². The van der Waals surface area contributed by atoms with E-state index >= 15 is 0 Å². The van der Waals surface area contributed by atoms with Gasteiger partial charge in [0, 0.05) is 11.3 Å². The molecular formula is C16H17N3O4S2. The van der Waals surface area contributed by atoms with E-state index in [1.807, 2.05) is 6.07 Å². The summed E-state index contributed by atoms with van der Waals surface area (Å²) in [7, 11) is -3.94. The fourth-order valence-corrected chi connectivity index (χ4v) is 4.94. The van der Waals surface area contributed by atoms with Gasteiger partial charge in [0.15, 0.2) is 0 Å². The maximum Gasteiger partial charge on any atom is 0.257 e. The highest BCUT2D eigenvalue weighted by molar-refractivity contribution is 7.91. The topological polar surface area (TPSA) is 96.5 Å². The summed E-state index contributed by atoms with van der Waals surface area (Å²) < 4.78 is 28.0. The van der Waals surface area contributed by atoms with E-state index in [1.165, 1.54) is 12.3 Å². The molecule has 1 aliphatic heterocycles. The Morgan fingerprint density at radius 2 is 1.96 bits per heavy atom. The van der Waals surface area contributed by atoms with Gasteiger partial charge in [0.25, 0.3) is 15.9 Å². The standard InChI is InChI=1S/C16H17N3O4S2/c1-11-10-23-18-16(11,2)19-25(21,22)15-13(8-9-24-15)14(20)17-12-6-4-3-5-7-12/h3-10,18-19H,1-2H3,(H,17,20). The summed E-state index contributed by atoms with van der Waals surface area (Å²) in [5.41, 5.74) is 2.88. The monoisotopic (exact) mass is 379 g/mol. The smallest absolute Gasteiger partial charge is 0.257 e. The molecule has 132 valence electrons. The second kappa shape index (κ2) is 6.60. The van der Waals surface area contributed by atoms with Gasteiger partial charge in [-0.15, -0.1) is 16.8 Å². The number of sulfonamides is 1. The fraction of sp³-hybridized carbons (Fsp3) is 0.188. The average Bonchev–Trinajstić information content (AvgIpc) is 3.16. The van der Waals surface area contributed by atoms with Crippen molar-refractivity contribution in [2.45, 2.75) is 23.7 Å². The quantitative estimate of drug-likeness (QED) is 0.741. The van der Waals surface area contributed by atoms with Crippen molar-refractivity contribution in [2.24, 2.45) is 0 Å².